The van der Waals surface area contributed by atoms with Crippen molar-refractivity contribution < 1.29 is 9.84 Å². The van der Waals surface area contributed by atoms with Gasteiger partial charge < -0.3 is 15.2 Å². The van der Waals surface area contributed by atoms with Gasteiger partial charge in [-0.3, -0.25) is 0 Å². The van der Waals surface area contributed by atoms with Gasteiger partial charge >= 0.3 is 0 Å². The minimum atomic E-state index is 0.206. The number of phenolic OH excluding ortho intramolecular Hbond substituents is 1. The molecule has 1 aliphatic carbocycles. The second kappa shape index (κ2) is 5.19. The number of ether oxygens (including phenoxy) is 1. The molecule has 94 valence electrons. The monoisotopic (exact) mass is 253 g/mol. The van der Waals surface area contributed by atoms with Crippen molar-refractivity contribution in [1.29, 1.82) is 0 Å². The van der Waals surface area contributed by atoms with Crippen LogP contribution in [0, 0.1) is 0 Å². The zero-order valence-corrected chi connectivity index (χ0v) is 11.1. The molecule has 1 saturated carbocycles. The Hall–Kier alpha value is -0.870. The normalized spacial score (nSPS) is 16.8. The largest absolute Gasteiger partial charge is 0.504 e. The lowest BCUT2D eigenvalue weighted by molar-refractivity contribution is 0.373. The number of hydrogen-bond acceptors (Lipinski definition) is 4. The van der Waals surface area contributed by atoms with E-state index in [9.17, 15) is 5.11 Å². The van der Waals surface area contributed by atoms with E-state index in [1.54, 1.807) is 19.2 Å². The van der Waals surface area contributed by atoms with Crippen molar-refractivity contribution in [3.63, 3.8) is 0 Å². The lowest BCUT2D eigenvalue weighted by atomic mass is 10.2. The molecule has 0 heterocycles. The van der Waals surface area contributed by atoms with Gasteiger partial charge in [-0.15, -0.1) is 0 Å². The lowest BCUT2D eigenvalue weighted by Crippen LogP contribution is -2.25. The minimum Gasteiger partial charge on any atom is -0.504 e. The van der Waals surface area contributed by atoms with Crippen LogP contribution in [0.5, 0.6) is 11.5 Å². The molecule has 4 heteroatoms. The Labute approximate surface area is 107 Å². The molecule has 0 bridgehead atoms. The fourth-order valence-corrected chi connectivity index (χ4v) is 2.63. The number of rotatable bonds is 6. The molecule has 1 fully saturated rings. The average molecular weight is 253 g/mol. The molecule has 0 unspecified atom stereocenters. The first kappa shape index (κ1) is 12.6. The van der Waals surface area contributed by atoms with E-state index in [2.05, 4.69) is 11.6 Å². The summed E-state index contributed by atoms with van der Waals surface area (Å²) in [5, 5.41) is 13.1. The van der Waals surface area contributed by atoms with Crippen LogP contribution in [0.25, 0.3) is 0 Å². The van der Waals surface area contributed by atoms with Crippen molar-refractivity contribution in [2.75, 3.05) is 19.9 Å². The van der Waals surface area contributed by atoms with Crippen molar-refractivity contribution in [3.05, 3.63) is 23.8 Å². The summed E-state index contributed by atoms with van der Waals surface area (Å²) in [6.45, 7) is 1.83. The number of thioether (sulfide) groups is 1. The molecule has 0 saturated heterocycles. The highest BCUT2D eigenvalue weighted by molar-refractivity contribution is 8.00. The van der Waals surface area contributed by atoms with Crippen LogP contribution in [0.3, 0.4) is 0 Å². The van der Waals surface area contributed by atoms with Crippen molar-refractivity contribution in [3.8, 4) is 11.5 Å². The molecule has 2 N–H and O–H groups in total. The van der Waals surface area contributed by atoms with Crippen molar-refractivity contribution >= 4 is 11.8 Å². The molecule has 2 rings (SSSR count). The number of methoxy groups -OCH3 is 1. The Morgan fingerprint density at radius 1 is 1.47 bits per heavy atom. The zero-order valence-electron chi connectivity index (χ0n) is 10.3. The van der Waals surface area contributed by atoms with Gasteiger partial charge in [0.05, 0.1) is 7.11 Å². The van der Waals surface area contributed by atoms with Gasteiger partial charge in [0.1, 0.15) is 0 Å². The van der Waals surface area contributed by atoms with Gasteiger partial charge in [0.2, 0.25) is 0 Å². The fraction of sp³-hybridized carbons (Fsp3) is 0.538. The van der Waals surface area contributed by atoms with E-state index < -0.39 is 0 Å². The van der Waals surface area contributed by atoms with Crippen LogP contribution in [-0.2, 0) is 6.54 Å². The quantitative estimate of drug-likeness (QED) is 0.817. The van der Waals surface area contributed by atoms with E-state index in [1.165, 1.54) is 12.8 Å². The lowest BCUT2D eigenvalue weighted by Gasteiger charge is -2.13. The SMILES string of the molecule is COc1ccc(CNCC2(SC)CC2)cc1O. The van der Waals surface area contributed by atoms with Crippen LogP contribution in [0.2, 0.25) is 0 Å². The van der Waals surface area contributed by atoms with Gasteiger partial charge in [0.15, 0.2) is 11.5 Å². The van der Waals surface area contributed by atoms with Gasteiger partial charge in [0, 0.05) is 17.8 Å². The van der Waals surface area contributed by atoms with Crippen LogP contribution in [-0.4, -0.2) is 29.8 Å². The van der Waals surface area contributed by atoms with Crippen LogP contribution in [0.4, 0.5) is 0 Å². The van der Waals surface area contributed by atoms with Gasteiger partial charge in [-0.25, -0.2) is 0 Å². The first-order valence-electron chi connectivity index (χ1n) is 5.81. The molecule has 0 aromatic heterocycles. The zero-order chi connectivity index (χ0) is 12.3. The molecule has 3 nitrogen and oxygen atoms in total. The topological polar surface area (TPSA) is 41.5 Å². The highest BCUT2D eigenvalue weighted by atomic mass is 32.2. The second-order valence-electron chi connectivity index (χ2n) is 4.50. The molecule has 17 heavy (non-hydrogen) atoms. The third-order valence-electron chi connectivity index (χ3n) is 3.26. The summed E-state index contributed by atoms with van der Waals surface area (Å²) in [5.41, 5.74) is 1.08. The van der Waals surface area contributed by atoms with Crippen LogP contribution in [0.15, 0.2) is 18.2 Å². The number of benzene rings is 1. The predicted molar refractivity (Wildman–Crippen MR) is 71.8 cm³/mol. The smallest absolute Gasteiger partial charge is 0.160 e. The highest BCUT2D eigenvalue weighted by Crippen LogP contribution is 2.46. The number of nitrogens with one attached hydrogen (secondary N) is 1. The summed E-state index contributed by atoms with van der Waals surface area (Å²) < 4.78 is 5.49. The predicted octanol–water partition coefficient (Wildman–Crippen LogP) is 2.39. The molecule has 0 aliphatic heterocycles. The van der Waals surface area contributed by atoms with Crippen molar-refractivity contribution in [1.82, 2.24) is 5.32 Å². The summed E-state index contributed by atoms with van der Waals surface area (Å²) in [4.78, 5) is 0. The Kier molecular flexibility index (Phi) is 3.84. The number of phenols is 1. The summed E-state index contributed by atoms with van der Waals surface area (Å²) >= 11 is 1.95. The van der Waals surface area contributed by atoms with Gasteiger partial charge in [0.25, 0.3) is 0 Å². The maximum Gasteiger partial charge on any atom is 0.160 e. The van der Waals surface area contributed by atoms with E-state index in [0.29, 0.717) is 10.5 Å². The third-order valence-corrected chi connectivity index (χ3v) is 4.68. The van der Waals surface area contributed by atoms with Gasteiger partial charge in [-0.1, -0.05) is 6.07 Å². The molecular weight excluding hydrogens is 234 g/mol. The minimum absolute atomic E-state index is 0.206. The molecule has 1 aliphatic rings. The highest BCUT2D eigenvalue weighted by Gasteiger charge is 2.41. The Bertz CT molecular complexity index is 391. The third kappa shape index (κ3) is 3.07. The van der Waals surface area contributed by atoms with Gasteiger partial charge in [-0.05, 0) is 36.8 Å². The first-order valence-corrected chi connectivity index (χ1v) is 7.03. The number of hydrogen-bond donors (Lipinski definition) is 2. The van der Waals surface area contributed by atoms with Gasteiger partial charge in [-0.2, -0.15) is 11.8 Å². The molecule has 1 aromatic rings. The van der Waals surface area contributed by atoms with Crippen LogP contribution < -0.4 is 10.1 Å². The van der Waals surface area contributed by atoms with E-state index in [0.717, 1.165) is 18.7 Å². The maximum atomic E-state index is 9.65. The summed E-state index contributed by atoms with van der Waals surface area (Å²) in [7, 11) is 1.56. The maximum absolute atomic E-state index is 9.65. The van der Waals surface area contributed by atoms with Crippen molar-refractivity contribution in [2.24, 2.45) is 0 Å². The Balaban J connectivity index is 1.85. The van der Waals surface area contributed by atoms with Crippen molar-refractivity contribution in [2.45, 2.75) is 24.1 Å². The summed E-state index contributed by atoms with van der Waals surface area (Å²) in [6, 6.07) is 5.53. The second-order valence-corrected chi connectivity index (χ2v) is 5.77. The van der Waals surface area contributed by atoms with E-state index in [-0.39, 0.29) is 5.75 Å². The number of aromatic hydroxyl groups is 1. The molecule has 0 amide bonds. The molecule has 0 spiro atoms. The first-order chi connectivity index (χ1) is 8.19. The molecule has 0 atom stereocenters. The molecule has 0 radical (unpaired) electrons. The van der Waals surface area contributed by atoms with Crippen LogP contribution in [0.1, 0.15) is 18.4 Å². The van der Waals surface area contributed by atoms with Crippen LogP contribution >= 0.6 is 11.8 Å². The molecular formula is C13H19NO2S. The van der Waals surface area contributed by atoms with E-state index in [1.807, 2.05) is 17.8 Å². The average Bonchev–Trinajstić information content (AvgIpc) is 3.10. The standard InChI is InChI=1S/C13H19NO2S/c1-16-12-4-3-10(7-11(12)15)8-14-9-13(17-2)5-6-13/h3-4,7,14-15H,5-6,8-9H2,1-2H3. The molecule has 1 aromatic carbocycles. The Morgan fingerprint density at radius 3 is 2.76 bits per heavy atom. The Morgan fingerprint density at radius 2 is 2.24 bits per heavy atom. The van der Waals surface area contributed by atoms with E-state index >= 15 is 0 Å². The summed E-state index contributed by atoms with van der Waals surface area (Å²) in [5.74, 6) is 0.731. The fourth-order valence-electron chi connectivity index (χ4n) is 1.87. The summed E-state index contributed by atoms with van der Waals surface area (Å²) in [6.07, 6.45) is 4.80. The van der Waals surface area contributed by atoms with E-state index in [4.69, 9.17) is 4.74 Å².